The van der Waals surface area contributed by atoms with Crippen molar-refractivity contribution in [3.8, 4) is 5.75 Å². The lowest BCUT2D eigenvalue weighted by Gasteiger charge is -2.23. The fourth-order valence-corrected chi connectivity index (χ4v) is 2.18. The molecule has 2 aromatic carbocycles. The van der Waals surface area contributed by atoms with Crippen LogP contribution in [0.25, 0.3) is 0 Å². The minimum absolute atomic E-state index is 0.150. The van der Waals surface area contributed by atoms with E-state index in [0.29, 0.717) is 21.9 Å². The highest BCUT2D eigenvalue weighted by Crippen LogP contribution is 2.22. The number of hydrogen-bond acceptors (Lipinski definition) is 4. The van der Waals surface area contributed by atoms with Crippen LogP contribution in [-0.4, -0.2) is 24.5 Å². The number of halogens is 1. The van der Waals surface area contributed by atoms with E-state index < -0.39 is 11.6 Å². The van der Waals surface area contributed by atoms with Gasteiger partial charge < -0.3 is 9.47 Å². The van der Waals surface area contributed by atoms with E-state index in [1.54, 1.807) is 62.4 Å². The molecular formula is C18H17ClO4. The maximum atomic E-state index is 12.5. The summed E-state index contributed by atoms with van der Waals surface area (Å²) in [5.74, 6) is -0.227. The minimum Gasteiger partial charge on any atom is -0.476 e. The van der Waals surface area contributed by atoms with Crippen molar-refractivity contribution in [2.24, 2.45) is 0 Å². The van der Waals surface area contributed by atoms with Crippen LogP contribution in [0.2, 0.25) is 5.02 Å². The number of methoxy groups -OCH3 is 1. The SMILES string of the molecule is COC(=O)C(C)(C)Oc1cccc(C(=O)c2ccc(Cl)cc2)c1. The van der Waals surface area contributed by atoms with Crippen molar-refractivity contribution >= 4 is 23.4 Å². The number of rotatable bonds is 5. The monoisotopic (exact) mass is 332 g/mol. The number of hydrogen-bond donors (Lipinski definition) is 0. The molecule has 120 valence electrons. The largest absolute Gasteiger partial charge is 0.476 e. The van der Waals surface area contributed by atoms with Gasteiger partial charge in [-0.25, -0.2) is 4.79 Å². The lowest BCUT2D eigenvalue weighted by Crippen LogP contribution is -2.39. The van der Waals surface area contributed by atoms with Gasteiger partial charge in [-0.2, -0.15) is 0 Å². The normalized spacial score (nSPS) is 11.0. The van der Waals surface area contributed by atoms with Gasteiger partial charge in [0.05, 0.1) is 7.11 Å². The minimum atomic E-state index is -1.14. The van der Waals surface area contributed by atoms with Gasteiger partial charge in [-0.3, -0.25) is 4.79 Å². The Morgan fingerprint density at radius 1 is 1.00 bits per heavy atom. The molecule has 0 N–H and O–H groups in total. The fourth-order valence-electron chi connectivity index (χ4n) is 2.05. The van der Waals surface area contributed by atoms with Gasteiger partial charge in [0.25, 0.3) is 0 Å². The first-order valence-electron chi connectivity index (χ1n) is 7.01. The van der Waals surface area contributed by atoms with Crippen LogP contribution < -0.4 is 4.74 Å². The van der Waals surface area contributed by atoms with Gasteiger partial charge in [0.15, 0.2) is 11.4 Å². The van der Waals surface area contributed by atoms with Gasteiger partial charge >= 0.3 is 5.97 Å². The van der Waals surface area contributed by atoms with Crippen molar-refractivity contribution in [1.82, 2.24) is 0 Å². The van der Waals surface area contributed by atoms with Crippen LogP contribution in [0.5, 0.6) is 5.75 Å². The third-order valence-corrected chi connectivity index (χ3v) is 3.50. The third-order valence-electron chi connectivity index (χ3n) is 3.25. The van der Waals surface area contributed by atoms with Crippen LogP contribution >= 0.6 is 11.6 Å². The second kappa shape index (κ2) is 6.84. The van der Waals surface area contributed by atoms with Crippen molar-refractivity contribution in [1.29, 1.82) is 0 Å². The highest BCUT2D eigenvalue weighted by atomic mass is 35.5. The molecule has 5 heteroatoms. The quantitative estimate of drug-likeness (QED) is 0.615. The molecule has 23 heavy (non-hydrogen) atoms. The molecule has 0 atom stereocenters. The lowest BCUT2D eigenvalue weighted by molar-refractivity contribution is -0.156. The average molecular weight is 333 g/mol. The first-order valence-corrected chi connectivity index (χ1v) is 7.39. The van der Waals surface area contributed by atoms with E-state index in [0.717, 1.165) is 0 Å². The van der Waals surface area contributed by atoms with Gasteiger partial charge in [-0.15, -0.1) is 0 Å². The van der Waals surface area contributed by atoms with Gasteiger partial charge in [-0.05, 0) is 50.2 Å². The van der Waals surface area contributed by atoms with Crippen LogP contribution in [0.15, 0.2) is 48.5 Å². The summed E-state index contributed by atoms with van der Waals surface area (Å²) in [6.45, 7) is 3.21. The van der Waals surface area contributed by atoms with Gasteiger partial charge in [0.1, 0.15) is 5.75 Å². The highest BCUT2D eigenvalue weighted by molar-refractivity contribution is 6.30. The summed E-state index contributed by atoms with van der Waals surface area (Å²) in [5, 5.41) is 0.568. The van der Waals surface area contributed by atoms with Crippen LogP contribution in [0.3, 0.4) is 0 Å². The maximum Gasteiger partial charge on any atom is 0.349 e. The molecule has 0 amide bonds. The number of ketones is 1. The smallest absolute Gasteiger partial charge is 0.349 e. The van der Waals surface area contributed by atoms with Gasteiger partial charge in [0.2, 0.25) is 0 Å². The lowest BCUT2D eigenvalue weighted by atomic mass is 10.0. The molecule has 0 aromatic heterocycles. The predicted octanol–water partition coefficient (Wildman–Crippen LogP) is 3.90. The zero-order chi connectivity index (χ0) is 17.0. The van der Waals surface area contributed by atoms with Crippen LogP contribution in [0, 0.1) is 0 Å². The molecule has 0 spiro atoms. The van der Waals surface area contributed by atoms with E-state index in [2.05, 4.69) is 0 Å². The number of carbonyl (C=O) groups is 2. The summed E-state index contributed by atoms with van der Waals surface area (Å²) < 4.78 is 10.4. The number of carbonyl (C=O) groups excluding carboxylic acids is 2. The summed E-state index contributed by atoms with van der Waals surface area (Å²) in [7, 11) is 1.30. The Hall–Kier alpha value is -2.33. The van der Waals surface area contributed by atoms with Crippen LogP contribution in [-0.2, 0) is 9.53 Å². The molecule has 0 bridgehead atoms. The zero-order valence-electron chi connectivity index (χ0n) is 13.1. The van der Waals surface area contributed by atoms with Crippen molar-refractivity contribution < 1.29 is 19.1 Å². The van der Waals surface area contributed by atoms with E-state index in [-0.39, 0.29) is 5.78 Å². The van der Waals surface area contributed by atoms with E-state index in [1.807, 2.05) is 0 Å². The third kappa shape index (κ3) is 4.11. The summed E-state index contributed by atoms with van der Waals surface area (Å²) in [5.41, 5.74) is -0.152. The second-order valence-electron chi connectivity index (χ2n) is 5.47. The first-order chi connectivity index (χ1) is 10.8. The molecule has 2 rings (SSSR count). The molecule has 2 aromatic rings. The van der Waals surface area contributed by atoms with Gasteiger partial charge in [-0.1, -0.05) is 23.7 Å². The molecule has 0 unspecified atom stereocenters. The highest BCUT2D eigenvalue weighted by Gasteiger charge is 2.31. The predicted molar refractivity (Wildman–Crippen MR) is 88.0 cm³/mol. The average Bonchev–Trinajstić information content (AvgIpc) is 2.54. The summed E-state index contributed by atoms with van der Waals surface area (Å²) in [6, 6.07) is 13.3. The molecule has 4 nitrogen and oxygen atoms in total. The molecule has 0 fully saturated rings. The Labute approximate surface area is 140 Å². The number of esters is 1. The molecule has 0 saturated heterocycles. The Morgan fingerprint density at radius 3 is 2.26 bits per heavy atom. The van der Waals surface area contributed by atoms with Crippen LogP contribution in [0.1, 0.15) is 29.8 Å². The van der Waals surface area contributed by atoms with Crippen molar-refractivity contribution in [2.75, 3.05) is 7.11 Å². The van der Waals surface area contributed by atoms with Crippen molar-refractivity contribution in [2.45, 2.75) is 19.4 Å². The zero-order valence-corrected chi connectivity index (χ0v) is 13.9. The number of ether oxygens (including phenoxy) is 2. The molecule has 0 aliphatic heterocycles. The molecule has 0 aliphatic carbocycles. The Kier molecular flexibility index (Phi) is 5.06. The molecule has 0 radical (unpaired) electrons. The standard InChI is InChI=1S/C18H17ClO4/c1-18(2,17(21)22-3)23-15-6-4-5-13(11-15)16(20)12-7-9-14(19)10-8-12/h4-11H,1-3H3. The molecular weight excluding hydrogens is 316 g/mol. The molecule has 0 aliphatic rings. The van der Waals surface area contributed by atoms with Gasteiger partial charge in [0, 0.05) is 16.1 Å². The van der Waals surface area contributed by atoms with E-state index in [1.165, 1.54) is 7.11 Å². The topological polar surface area (TPSA) is 52.6 Å². The number of benzene rings is 2. The second-order valence-corrected chi connectivity index (χ2v) is 5.90. The first kappa shape index (κ1) is 17.0. The summed E-state index contributed by atoms with van der Waals surface area (Å²) >= 11 is 5.83. The van der Waals surface area contributed by atoms with E-state index in [4.69, 9.17) is 21.1 Å². The Balaban J connectivity index is 2.24. The molecule has 0 saturated carbocycles. The maximum absolute atomic E-state index is 12.5. The fraction of sp³-hybridized carbons (Fsp3) is 0.222. The van der Waals surface area contributed by atoms with E-state index >= 15 is 0 Å². The van der Waals surface area contributed by atoms with Crippen LogP contribution in [0.4, 0.5) is 0 Å². The van der Waals surface area contributed by atoms with Crippen molar-refractivity contribution in [3.05, 3.63) is 64.7 Å². The van der Waals surface area contributed by atoms with E-state index in [9.17, 15) is 9.59 Å². The summed E-state index contributed by atoms with van der Waals surface area (Å²) in [4.78, 5) is 24.2. The Morgan fingerprint density at radius 2 is 1.65 bits per heavy atom. The van der Waals surface area contributed by atoms with Crippen molar-refractivity contribution in [3.63, 3.8) is 0 Å². The Bertz CT molecular complexity index is 720. The molecule has 0 heterocycles. The summed E-state index contributed by atoms with van der Waals surface area (Å²) in [6.07, 6.45) is 0.